The summed E-state index contributed by atoms with van der Waals surface area (Å²) in [6.07, 6.45) is 3.71. The first kappa shape index (κ1) is 24.9. The topological polar surface area (TPSA) is 130 Å². The number of carboxylic acids is 1. The molecule has 3 rings (SSSR count). The highest BCUT2D eigenvalue weighted by Gasteiger charge is 2.55. The average Bonchev–Trinajstić information content (AvgIpc) is 2.93. The van der Waals surface area contributed by atoms with E-state index in [-0.39, 0.29) is 22.6 Å². The molecule has 0 saturated heterocycles. The lowest BCUT2D eigenvalue weighted by Crippen LogP contribution is -2.53. The van der Waals surface area contributed by atoms with Crippen LogP contribution in [0, 0.1) is 17.3 Å². The minimum absolute atomic E-state index is 0.0741. The van der Waals surface area contributed by atoms with Crippen molar-refractivity contribution in [1.29, 1.82) is 0 Å². The van der Waals surface area contributed by atoms with Gasteiger partial charge in [0.1, 0.15) is 5.60 Å². The Balaban J connectivity index is 0.000000285. The SMILES string of the molecule is CC1=C[C@H]2[C@@H](C1)C[C@@]2(CNC(=O)OC(C)(C)C)CC(=O)O.O=S(=O)(O)c1ccccc1. The normalized spacial score (nSPS) is 24.6. The lowest BCUT2D eigenvalue weighted by atomic mass is 9.53. The number of carboxylic acid groups (broad SMARTS) is 1. The Kier molecular flexibility index (Phi) is 7.54. The molecule has 1 aromatic carbocycles. The lowest BCUT2D eigenvalue weighted by Gasteiger charge is -2.51. The zero-order valence-corrected chi connectivity index (χ0v) is 19.1. The van der Waals surface area contributed by atoms with Crippen molar-refractivity contribution < 1.29 is 32.4 Å². The molecule has 9 heteroatoms. The van der Waals surface area contributed by atoms with Crippen molar-refractivity contribution in [2.45, 2.75) is 57.5 Å². The van der Waals surface area contributed by atoms with Gasteiger partial charge in [-0.2, -0.15) is 8.42 Å². The number of hydrogen-bond acceptors (Lipinski definition) is 5. The van der Waals surface area contributed by atoms with Crippen LogP contribution in [0.2, 0.25) is 0 Å². The third kappa shape index (κ3) is 7.07. The van der Waals surface area contributed by atoms with Crippen LogP contribution in [0.3, 0.4) is 0 Å². The Bertz CT molecular complexity index is 934. The van der Waals surface area contributed by atoms with E-state index < -0.39 is 27.8 Å². The first-order valence-corrected chi connectivity index (χ1v) is 11.5. The Labute approximate surface area is 183 Å². The molecule has 8 nitrogen and oxygen atoms in total. The second kappa shape index (κ2) is 9.40. The summed E-state index contributed by atoms with van der Waals surface area (Å²) in [6, 6.07) is 7.42. The van der Waals surface area contributed by atoms with Gasteiger partial charge in [-0.25, -0.2) is 4.79 Å². The first-order chi connectivity index (χ1) is 14.2. The summed E-state index contributed by atoms with van der Waals surface area (Å²) in [5.41, 5.74) is 0.427. The number of hydrogen-bond donors (Lipinski definition) is 3. The molecule has 31 heavy (non-hydrogen) atoms. The summed E-state index contributed by atoms with van der Waals surface area (Å²) >= 11 is 0. The maximum atomic E-state index is 11.8. The molecule has 0 bridgehead atoms. The van der Waals surface area contributed by atoms with Gasteiger partial charge in [-0.3, -0.25) is 9.35 Å². The highest BCUT2D eigenvalue weighted by Crippen LogP contribution is 2.59. The minimum atomic E-state index is -4.00. The van der Waals surface area contributed by atoms with Gasteiger partial charge in [-0.05, 0) is 64.5 Å². The lowest BCUT2D eigenvalue weighted by molar-refractivity contribution is -0.144. The van der Waals surface area contributed by atoms with E-state index in [1.165, 1.54) is 17.7 Å². The van der Waals surface area contributed by atoms with E-state index >= 15 is 0 Å². The minimum Gasteiger partial charge on any atom is -0.481 e. The summed E-state index contributed by atoms with van der Waals surface area (Å²) < 4.78 is 34.5. The van der Waals surface area contributed by atoms with Gasteiger partial charge in [0.15, 0.2) is 0 Å². The summed E-state index contributed by atoms with van der Waals surface area (Å²) in [5.74, 6) is 0.00529. The zero-order chi connectivity index (χ0) is 23.4. The van der Waals surface area contributed by atoms with Crippen LogP contribution in [-0.4, -0.2) is 42.3 Å². The van der Waals surface area contributed by atoms with Gasteiger partial charge >= 0.3 is 12.1 Å². The van der Waals surface area contributed by atoms with Crippen molar-refractivity contribution in [3.8, 4) is 0 Å². The predicted octanol–water partition coefficient (Wildman–Crippen LogP) is 3.89. The molecule has 0 spiro atoms. The van der Waals surface area contributed by atoms with Gasteiger partial charge in [0.05, 0.1) is 11.3 Å². The standard InChI is InChI=1S/C16H25NO4.C6H6O3S/c1-10-5-11-7-16(8-13(18)19,12(11)6-10)9-17-14(20)21-15(2,3)4;7-10(8,9)6-4-2-1-3-5-6/h6,11-12H,5,7-9H2,1-4H3,(H,17,20)(H,18,19);1-5H,(H,7,8,9)/t11-,12-,16-;/m0./s1. The second-order valence-electron chi connectivity index (χ2n) is 9.28. The summed E-state index contributed by atoms with van der Waals surface area (Å²) in [7, 11) is -4.00. The fraction of sp³-hybridized carbons (Fsp3) is 0.545. The molecule has 0 heterocycles. The number of rotatable bonds is 5. The number of carbonyl (C=O) groups excluding carboxylic acids is 1. The van der Waals surface area contributed by atoms with E-state index in [4.69, 9.17) is 9.29 Å². The number of nitrogens with one attached hydrogen (secondary N) is 1. The molecule has 1 amide bonds. The monoisotopic (exact) mass is 453 g/mol. The largest absolute Gasteiger partial charge is 0.481 e. The third-order valence-electron chi connectivity index (χ3n) is 5.46. The highest BCUT2D eigenvalue weighted by atomic mass is 32.2. The number of alkyl carbamates (subject to hydrolysis) is 1. The molecule has 2 aliphatic carbocycles. The van der Waals surface area contributed by atoms with Crippen LogP contribution in [0.25, 0.3) is 0 Å². The summed E-state index contributed by atoms with van der Waals surface area (Å²) in [5, 5.41) is 11.9. The molecule has 0 radical (unpaired) electrons. The van der Waals surface area contributed by atoms with Crippen molar-refractivity contribution >= 4 is 22.2 Å². The molecule has 3 N–H and O–H groups in total. The van der Waals surface area contributed by atoms with Gasteiger partial charge in [-0.15, -0.1) is 0 Å². The number of allylic oxidation sites excluding steroid dienone is 2. The van der Waals surface area contributed by atoms with Crippen LogP contribution in [0.4, 0.5) is 4.79 Å². The van der Waals surface area contributed by atoms with E-state index in [1.54, 1.807) is 18.2 Å². The van der Waals surface area contributed by atoms with Gasteiger partial charge in [0.25, 0.3) is 10.1 Å². The van der Waals surface area contributed by atoms with E-state index in [2.05, 4.69) is 18.3 Å². The van der Waals surface area contributed by atoms with Crippen molar-refractivity contribution in [2.24, 2.45) is 17.3 Å². The van der Waals surface area contributed by atoms with Crippen molar-refractivity contribution in [1.82, 2.24) is 5.32 Å². The fourth-order valence-corrected chi connectivity index (χ4v) is 4.82. The zero-order valence-electron chi connectivity index (χ0n) is 18.3. The molecule has 1 aromatic rings. The Hall–Kier alpha value is -2.39. The maximum absolute atomic E-state index is 11.8. The first-order valence-electron chi connectivity index (χ1n) is 10.1. The van der Waals surface area contributed by atoms with Crippen molar-refractivity contribution in [2.75, 3.05) is 6.54 Å². The third-order valence-corrected chi connectivity index (χ3v) is 6.33. The quantitative estimate of drug-likeness (QED) is 0.455. The fourth-order valence-electron chi connectivity index (χ4n) is 4.32. The number of fused-ring (bicyclic) bond motifs is 1. The smallest absolute Gasteiger partial charge is 0.407 e. The van der Waals surface area contributed by atoms with Gasteiger partial charge in [0.2, 0.25) is 0 Å². The number of benzene rings is 1. The molecule has 1 saturated carbocycles. The Morgan fingerprint density at radius 3 is 2.29 bits per heavy atom. The molecule has 0 aliphatic heterocycles. The molecule has 3 atom stereocenters. The van der Waals surface area contributed by atoms with E-state index in [9.17, 15) is 23.1 Å². The van der Waals surface area contributed by atoms with Crippen LogP contribution in [-0.2, 0) is 19.6 Å². The van der Waals surface area contributed by atoms with Gasteiger partial charge < -0.3 is 15.2 Å². The molecular weight excluding hydrogens is 422 g/mol. The predicted molar refractivity (Wildman–Crippen MR) is 115 cm³/mol. The molecule has 1 fully saturated rings. The molecule has 0 aromatic heterocycles. The van der Waals surface area contributed by atoms with Gasteiger partial charge in [0, 0.05) is 12.0 Å². The van der Waals surface area contributed by atoms with Crippen LogP contribution >= 0.6 is 0 Å². The van der Waals surface area contributed by atoms with Crippen molar-refractivity contribution in [3.05, 3.63) is 42.0 Å². The van der Waals surface area contributed by atoms with Crippen LogP contribution in [0.5, 0.6) is 0 Å². The van der Waals surface area contributed by atoms with E-state index in [1.807, 2.05) is 20.8 Å². The number of carbonyl (C=O) groups is 2. The Morgan fingerprint density at radius 1 is 1.23 bits per heavy atom. The van der Waals surface area contributed by atoms with Crippen LogP contribution < -0.4 is 5.32 Å². The number of ether oxygens (including phenoxy) is 1. The van der Waals surface area contributed by atoms with E-state index in [0.29, 0.717) is 12.5 Å². The van der Waals surface area contributed by atoms with Crippen molar-refractivity contribution in [3.63, 3.8) is 0 Å². The number of amides is 1. The maximum Gasteiger partial charge on any atom is 0.407 e. The molecule has 0 unspecified atom stereocenters. The average molecular weight is 454 g/mol. The summed E-state index contributed by atoms with van der Waals surface area (Å²) in [6.45, 7) is 7.87. The van der Waals surface area contributed by atoms with Crippen LogP contribution in [0.1, 0.15) is 47.0 Å². The van der Waals surface area contributed by atoms with Crippen LogP contribution in [0.15, 0.2) is 46.9 Å². The molecular formula is C22H31NO7S. The number of aliphatic carboxylic acids is 1. The molecule has 2 aliphatic rings. The Morgan fingerprint density at radius 2 is 1.84 bits per heavy atom. The van der Waals surface area contributed by atoms with E-state index in [0.717, 1.165) is 12.8 Å². The second-order valence-corrected chi connectivity index (χ2v) is 10.7. The highest BCUT2D eigenvalue weighted by molar-refractivity contribution is 7.85. The van der Waals surface area contributed by atoms with Gasteiger partial charge in [-0.1, -0.05) is 29.8 Å². The summed E-state index contributed by atoms with van der Waals surface area (Å²) in [4.78, 5) is 22.9. The molecule has 172 valence electrons.